The third kappa shape index (κ3) is 2.09. The number of hydrogen-bond acceptors (Lipinski definition) is 3. The smallest absolute Gasteiger partial charge is 0.246 e. The second kappa shape index (κ2) is 4.69. The maximum Gasteiger partial charge on any atom is 0.246 e. The molecule has 4 nitrogen and oxygen atoms in total. The van der Waals surface area contributed by atoms with Crippen molar-refractivity contribution in [2.24, 2.45) is 5.92 Å². The molecule has 2 heterocycles. The Bertz CT molecular complexity index is 532. The number of carbonyl (C=O) groups is 1. The van der Waals surface area contributed by atoms with E-state index in [-0.39, 0.29) is 11.9 Å². The van der Waals surface area contributed by atoms with E-state index in [4.69, 9.17) is 11.6 Å². The number of benzene rings is 1. The summed E-state index contributed by atoms with van der Waals surface area (Å²) in [6, 6.07) is 3.62. The Morgan fingerprint density at radius 3 is 2.89 bits per heavy atom. The van der Waals surface area contributed by atoms with E-state index in [9.17, 15) is 4.79 Å². The van der Waals surface area contributed by atoms with Crippen molar-refractivity contribution in [3.63, 3.8) is 0 Å². The molecule has 2 N–H and O–H groups in total. The summed E-state index contributed by atoms with van der Waals surface area (Å²) in [5, 5.41) is 6.65. The summed E-state index contributed by atoms with van der Waals surface area (Å²) >= 11 is 6.40. The van der Waals surface area contributed by atoms with Crippen LogP contribution in [-0.2, 0) is 4.79 Å². The van der Waals surface area contributed by atoms with Crippen molar-refractivity contribution in [2.75, 3.05) is 30.4 Å². The van der Waals surface area contributed by atoms with Gasteiger partial charge in [-0.25, -0.2) is 0 Å². The van der Waals surface area contributed by atoms with Crippen LogP contribution in [0.5, 0.6) is 0 Å². The van der Waals surface area contributed by atoms with Gasteiger partial charge >= 0.3 is 0 Å². The van der Waals surface area contributed by atoms with E-state index in [1.54, 1.807) is 7.05 Å². The topological polar surface area (TPSA) is 44.4 Å². The molecule has 0 bridgehead atoms. The lowest BCUT2D eigenvalue weighted by Gasteiger charge is -2.21. The summed E-state index contributed by atoms with van der Waals surface area (Å²) in [7, 11) is 1.78. The zero-order chi connectivity index (χ0) is 13.6. The van der Waals surface area contributed by atoms with Gasteiger partial charge in [0, 0.05) is 24.3 Å². The molecule has 2 aliphatic rings. The minimum Gasteiger partial charge on any atom is -0.370 e. The Balaban J connectivity index is 1.97. The van der Waals surface area contributed by atoms with E-state index in [2.05, 4.69) is 22.5 Å². The van der Waals surface area contributed by atoms with Gasteiger partial charge in [-0.15, -0.1) is 0 Å². The first-order valence-electron chi connectivity index (χ1n) is 6.66. The Morgan fingerprint density at radius 1 is 1.47 bits per heavy atom. The first-order valence-corrected chi connectivity index (χ1v) is 7.04. The van der Waals surface area contributed by atoms with Crippen molar-refractivity contribution in [3.8, 4) is 0 Å². The van der Waals surface area contributed by atoms with E-state index >= 15 is 0 Å². The molecule has 0 spiro atoms. The maximum atomic E-state index is 11.8. The summed E-state index contributed by atoms with van der Waals surface area (Å²) in [6.07, 6.45) is 1.19. The number of carbonyl (C=O) groups excluding carboxylic acids is 1. The zero-order valence-corrected chi connectivity index (χ0v) is 11.9. The molecule has 2 aliphatic heterocycles. The molecule has 1 aromatic carbocycles. The fraction of sp³-hybridized carbons (Fsp3) is 0.500. The lowest BCUT2D eigenvalue weighted by atomic mass is 10.1. The van der Waals surface area contributed by atoms with E-state index in [0.29, 0.717) is 5.92 Å². The summed E-state index contributed by atoms with van der Waals surface area (Å²) in [4.78, 5) is 14.1. The largest absolute Gasteiger partial charge is 0.370 e. The lowest BCUT2D eigenvalue weighted by Crippen LogP contribution is -2.23. The van der Waals surface area contributed by atoms with E-state index in [1.165, 1.54) is 6.42 Å². The second-order valence-electron chi connectivity index (χ2n) is 5.44. The molecule has 19 heavy (non-hydrogen) atoms. The highest BCUT2D eigenvalue weighted by Gasteiger charge is 2.31. The Labute approximate surface area is 118 Å². The first-order chi connectivity index (χ1) is 9.10. The van der Waals surface area contributed by atoms with Gasteiger partial charge in [0.05, 0.1) is 10.7 Å². The SMILES string of the molecule is CNC1C(=O)Nc2cc(N3CCC(C)C3)c(Cl)cc21. The van der Waals surface area contributed by atoms with Crippen molar-refractivity contribution < 1.29 is 4.79 Å². The molecule has 2 unspecified atom stereocenters. The molecule has 1 saturated heterocycles. The molecule has 5 heteroatoms. The van der Waals surface area contributed by atoms with Gasteiger partial charge < -0.3 is 15.5 Å². The zero-order valence-electron chi connectivity index (χ0n) is 11.2. The molecule has 0 radical (unpaired) electrons. The highest BCUT2D eigenvalue weighted by atomic mass is 35.5. The van der Waals surface area contributed by atoms with Crippen LogP contribution >= 0.6 is 11.6 Å². The minimum atomic E-state index is -0.293. The minimum absolute atomic E-state index is 0.0134. The average molecular weight is 280 g/mol. The van der Waals surface area contributed by atoms with E-state index < -0.39 is 0 Å². The first kappa shape index (κ1) is 12.8. The normalized spacial score (nSPS) is 25.6. The number of nitrogens with zero attached hydrogens (tertiary/aromatic N) is 1. The number of hydrogen-bond donors (Lipinski definition) is 2. The molecule has 1 aromatic rings. The highest BCUT2D eigenvalue weighted by molar-refractivity contribution is 6.33. The van der Waals surface area contributed by atoms with Crippen LogP contribution in [0, 0.1) is 5.92 Å². The van der Waals surface area contributed by atoms with Crippen molar-refractivity contribution >= 4 is 28.9 Å². The van der Waals surface area contributed by atoms with E-state index in [0.717, 1.165) is 35.1 Å². The molecule has 102 valence electrons. The predicted octanol–water partition coefficient (Wildman–Crippen LogP) is 2.40. The summed E-state index contributed by atoms with van der Waals surface area (Å²) in [5.41, 5.74) is 2.85. The number of nitrogens with one attached hydrogen (secondary N) is 2. The van der Waals surface area contributed by atoms with Crippen LogP contribution in [0.2, 0.25) is 5.02 Å². The van der Waals surface area contributed by atoms with Crippen LogP contribution in [0.15, 0.2) is 12.1 Å². The number of likely N-dealkylation sites (N-methyl/N-ethyl adjacent to an activating group) is 1. The van der Waals surface area contributed by atoms with Gasteiger partial charge in [0.25, 0.3) is 0 Å². The molecular weight excluding hydrogens is 262 g/mol. The number of rotatable bonds is 2. The number of amides is 1. The van der Waals surface area contributed by atoms with Crippen LogP contribution in [0.4, 0.5) is 11.4 Å². The van der Waals surface area contributed by atoms with Crippen molar-refractivity contribution in [2.45, 2.75) is 19.4 Å². The van der Waals surface area contributed by atoms with Gasteiger partial charge in [0.2, 0.25) is 5.91 Å². The molecule has 2 atom stereocenters. The average Bonchev–Trinajstić information content (AvgIpc) is 2.91. The number of fused-ring (bicyclic) bond motifs is 1. The predicted molar refractivity (Wildman–Crippen MR) is 77.9 cm³/mol. The van der Waals surface area contributed by atoms with Crippen molar-refractivity contribution in [1.82, 2.24) is 5.32 Å². The Kier molecular flexibility index (Phi) is 3.15. The summed E-state index contributed by atoms with van der Waals surface area (Å²) in [5.74, 6) is 0.685. The molecule has 1 amide bonds. The molecule has 3 rings (SSSR count). The van der Waals surface area contributed by atoms with Crippen molar-refractivity contribution in [3.05, 3.63) is 22.7 Å². The highest BCUT2D eigenvalue weighted by Crippen LogP contribution is 2.40. The molecule has 0 aromatic heterocycles. The standard InChI is InChI=1S/C14H18ClN3O/c1-8-3-4-18(7-8)12-6-11-9(5-10(12)15)13(16-2)14(19)17-11/h5-6,8,13,16H,3-4,7H2,1-2H3,(H,17,19). The van der Waals surface area contributed by atoms with Gasteiger partial charge in [-0.05, 0) is 31.5 Å². The number of anilines is 2. The third-order valence-electron chi connectivity index (χ3n) is 4.00. The van der Waals surface area contributed by atoms with Gasteiger partial charge in [-0.1, -0.05) is 18.5 Å². The Hall–Kier alpha value is -1.26. The lowest BCUT2D eigenvalue weighted by molar-refractivity contribution is -0.117. The summed E-state index contributed by atoms with van der Waals surface area (Å²) < 4.78 is 0. The third-order valence-corrected chi connectivity index (χ3v) is 4.31. The van der Waals surface area contributed by atoms with Gasteiger partial charge in [-0.3, -0.25) is 4.79 Å². The van der Waals surface area contributed by atoms with Gasteiger partial charge in [-0.2, -0.15) is 0 Å². The molecule has 0 aliphatic carbocycles. The fourth-order valence-electron chi connectivity index (χ4n) is 2.95. The molecule has 0 saturated carbocycles. The van der Waals surface area contributed by atoms with Crippen molar-refractivity contribution in [1.29, 1.82) is 0 Å². The van der Waals surface area contributed by atoms with Crippen LogP contribution in [0.1, 0.15) is 24.9 Å². The van der Waals surface area contributed by atoms with Crippen LogP contribution < -0.4 is 15.5 Å². The quantitative estimate of drug-likeness (QED) is 0.874. The summed E-state index contributed by atoms with van der Waals surface area (Å²) in [6.45, 7) is 4.31. The number of halogens is 1. The van der Waals surface area contributed by atoms with Crippen LogP contribution in [0.3, 0.4) is 0 Å². The fourth-order valence-corrected chi connectivity index (χ4v) is 3.24. The monoisotopic (exact) mass is 279 g/mol. The van der Waals surface area contributed by atoms with Crippen LogP contribution in [0.25, 0.3) is 0 Å². The van der Waals surface area contributed by atoms with E-state index in [1.807, 2.05) is 12.1 Å². The van der Waals surface area contributed by atoms with Gasteiger partial charge in [0.1, 0.15) is 6.04 Å². The molecular formula is C14H18ClN3O. The van der Waals surface area contributed by atoms with Gasteiger partial charge in [0.15, 0.2) is 0 Å². The van der Waals surface area contributed by atoms with Crippen LogP contribution in [-0.4, -0.2) is 26.0 Å². The molecule has 1 fully saturated rings. The second-order valence-corrected chi connectivity index (χ2v) is 5.85. The maximum absolute atomic E-state index is 11.8. The Morgan fingerprint density at radius 2 is 2.26 bits per heavy atom.